The molecular weight excluding hydrogens is 240 g/mol. The molecule has 0 radical (unpaired) electrons. The van der Waals surface area contributed by atoms with Gasteiger partial charge >= 0.3 is 18.0 Å². The van der Waals surface area contributed by atoms with Crippen molar-refractivity contribution in [3.63, 3.8) is 0 Å². The van der Waals surface area contributed by atoms with Gasteiger partial charge in [-0.2, -0.15) is 0 Å². The van der Waals surface area contributed by atoms with E-state index in [4.69, 9.17) is 5.11 Å². The smallest absolute Gasteiger partial charge is 0.326 e. The van der Waals surface area contributed by atoms with E-state index in [9.17, 15) is 14.4 Å². The van der Waals surface area contributed by atoms with Crippen LogP contribution in [0.3, 0.4) is 0 Å². The normalized spacial score (nSPS) is 15.6. The van der Waals surface area contributed by atoms with Gasteiger partial charge in [0.25, 0.3) is 0 Å². The van der Waals surface area contributed by atoms with Crippen LogP contribution in [0.4, 0.5) is 4.79 Å². The molecule has 1 fully saturated rings. The van der Waals surface area contributed by atoms with Crippen molar-refractivity contribution >= 4 is 18.0 Å². The summed E-state index contributed by atoms with van der Waals surface area (Å²) in [6.45, 7) is 0.119. The zero-order chi connectivity index (χ0) is 13.5. The van der Waals surface area contributed by atoms with Crippen molar-refractivity contribution in [2.75, 3.05) is 13.7 Å². The van der Waals surface area contributed by atoms with Gasteiger partial charge in [0.05, 0.1) is 13.5 Å². The summed E-state index contributed by atoms with van der Waals surface area (Å²) in [6.07, 6.45) is 2.56. The van der Waals surface area contributed by atoms with E-state index in [1.165, 1.54) is 7.11 Å². The van der Waals surface area contributed by atoms with Crippen LogP contribution in [0.1, 0.15) is 25.7 Å². The van der Waals surface area contributed by atoms with Crippen LogP contribution >= 0.6 is 0 Å². The Labute approximate surface area is 105 Å². The number of aliphatic carboxylic acids is 1. The van der Waals surface area contributed by atoms with Crippen molar-refractivity contribution in [3.8, 4) is 0 Å². The monoisotopic (exact) mass is 258 g/mol. The molecule has 0 spiro atoms. The van der Waals surface area contributed by atoms with Crippen LogP contribution in [0.5, 0.6) is 0 Å². The summed E-state index contributed by atoms with van der Waals surface area (Å²) in [5, 5.41) is 13.7. The zero-order valence-electron chi connectivity index (χ0n) is 10.3. The quantitative estimate of drug-likeness (QED) is 0.562. The Morgan fingerprint density at radius 1 is 1.39 bits per heavy atom. The number of hydrogen-bond donors (Lipinski definition) is 3. The number of nitrogens with one attached hydrogen (secondary N) is 2. The Kier molecular flexibility index (Phi) is 5.41. The highest BCUT2D eigenvalue weighted by molar-refractivity contribution is 5.82. The molecule has 1 aliphatic rings. The summed E-state index contributed by atoms with van der Waals surface area (Å²) >= 11 is 0. The largest absolute Gasteiger partial charge is 0.480 e. The second kappa shape index (κ2) is 6.83. The maximum atomic E-state index is 11.4. The number of carboxylic acids is 1. The zero-order valence-corrected chi connectivity index (χ0v) is 10.3. The minimum absolute atomic E-state index is 0.0598. The molecule has 3 N–H and O–H groups in total. The highest BCUT2D eigenvalue weighted by atomic mass is 16.5. The van der Waals surface area contributed by atoms with Crippen molar-refractivity contribution < 1.29 is 24.2 Å². The van der Waals surface area contributed by atoms with Crippen LogP contribution in [0, 0.1) is 5.92 Å². The van der Waals surface area contributed by atoms with Gasteiger partial charge in [-0.25, -0.2) is 9.59 Å². The van der Waals surface area contributed by atoms with E-state index in [1.807, 2.05) is 0 Å². The van der Waals surface area contributed by atoms with Gasteiger partial charge in [-0.05, 0) is 12.3 Å². The third kappa shape index (κ3) is 5.51. The Morgan fingerprint density at radius 2 is 2.06 bits per heavy atom. The molecule has 0 aromatic rings. The fraction of sp³-hybridized carbons (Fsp3) is 0.727. The van der Waals surface area contributed by atoms with Crippen LogP contribution in [-0.4, -0.2) is 42.8 Å². The highest BCUT2D eigenvalue weighted by Crippen LogP contribution is 2.33. The van der Waals surface area contributed by atoms with Crippen molar-refractivity contribution in [1.82, 2.24) is 10.6 Å². The predicted molar refractivity (Wildman–Crippen MR) is 61.9 cm³/mol. The first-order chi connectivity index (χ1) is 8.52. The third-order valence-corrected chi connectivity index (χ3v) is 2.71. The fourth-order valence-electron chi connectivity index (χ4n) is 1.50. The Bertz CT molecular complexity index is 327. The Hall–Kier alpha value is -1.79. The number of urea groups is 1. The van der Waals surface area contributed by atoms with Gasteiger partial charge in [-0.15, -0.1) is 0 Å². The lowest BCUT2D eigenvalue weighted by atomic mass is 10.1. The molecule has 0 bridgehead atoms. The molecule has 1 aliphatic carbocycles. The summed E-state index contributed by atoms with van der Waals surface area (Å²) < 4.78 is 4.41. The molecule has 1 unspecified atom stereocenters. The highest BCUT2D eigenvalue weighted by Gasteiger charge is 2.30. The standard InChI is InChI=1S/C11H18N2O5/c1-18-9(14)4-5-12-11(17)13-8(10(15)16)6-7-2-3-7/h7-8H,2-6H2,1H3,(H,15,16)(H2,12,13,17). The lowest BCUT2D eigenvalue weighted by Gasteiger charge is -2.14. The second-order valence-electron chi connectivity index (χ2n) is 4.30. The summed E-state index contributed by atoms with van der Waals surface area (Å²) in [4.78, 5) is 33.1. The lowest BCUT2D eigenvalue weighted by molar-refractivity contribution is -0.141. The molecule has 0 saturated heterocycles. The first-order valence-corrected chi connectivity index (χ1v) is 5.87. The van der Waals surface area contributed by atoms with Gasteiger partial charge in [0.2, 0.25) is 0 Å². The molecule has 1 atom stereocenters. The lowest BCUT2D eigenvalue weighted by Crippen LogP contribution is -2.46. The van der Waals surface area contributed by atoms with Crippen LogP contribution in [-0.2, 0) is 14.3 Å². The molecule has 0 aromatic heterocycles. The molecular formula is C11H18N2O5. The molecule has 18 heavy (non-hydrogen) atoms. The van der Waals surface area contributed by atoms with Crippen molar-refractivity contribution in [3.05, 3.63) is 0 Å². The van der Waals surface area contributed by atoms with Crippen LogP contribution in [0.25, 0.3) is 0 Å². The first kappa shape index (κ1) is 14.3. The van der Waals surface area contributed by atoms with E-state index in [-0.39, 0.29) is 13.0 Å². The minimum Gasteiger partial charge on any atom is -0.480 e. The van der Waals surface area contributed by atoms with E-state index < -0.39 is 24.0 Å². The van der Waals surface area contributed by atoms with Gasteiger partial charge in [-0.1, -0.05) is 12.8 Å². The topological polar surface area (TPSA) is 105 Å². The number of carboxylic acid groups (broad SMARTS) is 1. The molecule has 7 heteroatoms. The first-order valence-electron chi connectivity index (χ1n) is 5.87. The van der Waals surface area contributed by atoms with Gasteiger partial charge in [0.1, 0.15) is 6.04 Å². The number of carbonyl (C=O) groups is 3. The Balaban J connectivity index is 2.23. The molecule has 102 valence electrons. The number of methoxy groups -OCH3 is 1. The number of rotatable bonds is 7. The van der Waals surface area contributed by atoms with E-state index in [0.717, 1.165) is 12.8 Å². The number of esters is 1. The summed E-state index contributed by atoms with van der Waals surface area (Å²) in [7, 11) is 1.26. The van der Waals surface area contributed by atoms with Gasteiger partial charge < -0.3 is 20.5 Å². The molecule has 1 rings (SSSR count). The maximum Gasteiger partial charge on any atom is 0.326 e. The van der Waals surface area contributed by atoms with E-state index >= 15 is 0 Å². The second-order valence-corrected chi connectivity index (χ2v) is 4.30. The average Bonchev–Trinajstić information content (AvgIpc) is 3.11. The molecule has 2 amide bonds. The van der Waals surface area contributed by atoms with Gasteiger partial charge in [-0.3, -0.25) is 4.79 Å². The van der Waals surface area contributed by atoms with Crippen LogP contribution < -0.4 is 10.6 Å². The van der Waals surface area contributed by atoms with Gasteiger partial charge in [0, 0.05) is 6.54 Å². The van der Waals surface area contributed by atoms with Crippen molar-refractivity contribution in [2.45, 2.75) is 31.7 Å². The van der Waals surface area contributed by atoms with Gasteiger partial charge in [0.15, 0.2) is 0 Å². The van der Waals surface area contributed by atoms with E-state index in [1.54, 1.807) is 0 Å². The average molecular weight is 258 g/mol. The van der Waals surface area contributed by atoms with E-state index in [0.29, 0.717) is 12.3 Å². The summed E-state index contributed by atoms with van der Waals surface area (Å²) in [6, 6.07) is -1.44. The summed E-state index contributed by atoms with van der Waals surface area (Å²) in [5.74, 6) is -1.06. The minimum atomic E-state index is -1.04. The molecule has 0 aliphatic heterocycles. The molecule has 0 aromatic carbocycles. The number of carbonyl (C=O) groups excluding carboxylic acids is 2. The molecule has 0 heterocycles. The maximum absolute atomic E-state index is 11.4. The SMILES string of the molecule is COC(=O)CCNC(=O)NC(CC1CC1)C(=O)O. The van der Waals surface area contributed by atoms with Crippen molar-refractivity contribution in [2.24, 2.45) is 5.92 Å². The number of hydrogen-bond acceptors (Lipinski definition) is 4. The summed E-state index contributed by atoms with van der Waals surface area (Å²) in [5.41, 5.74) is 0. The fourth-order valence-corrected chi connectivity index (χ4v) is 1.50. The van der Waals surface area contributed by atoms with E-state index in [2.05, 4.69) is 15.4 Å². The molecule has 7 nitrogen and oxygen atoms in total. The predicted octanol–water partition coefficient (Wildman–Crippen LogP) is 0.102. The van der Waals surface area contributed by atoms with Crippen LogP contribution in [0.15, 0.2) is 0 Å². The van der Waals surface area contributed by atoms with Crippen LogP contribution in [0.2, 0.25) is 0 Å². The number of amides is 2. The number of ether oxygens (including phenoxy) is 1. The van der Waals surface area contributed by atoms with Crippen molar-refractivity contribution in [1.29, 1.82) is 0 Å². The Morgan fingerprint density at radius 3 is 2.56 bits per heavy atom. The molecule has 1 saturated carbocycles. The third-order valence-electron chi connectivity index (χ3n) is 2.71.